The van der Waals surface area contributed by atoms with E-state index in [2.05, 4.69) is 17.8 Å². The van der Waals surface area contributed by atoms with Gasteiger partial charge in [0, 0.05) is 16.7 Å². The lowest BCUT2D eigenvalue weighted by molar-refractivity contribution is 1.59. The van der Waals surface area contributed by atoms with Gasteiger partial charge in [-0.2, -0.15) is 0 Å². The summed E-state index contributed by atoms with van der Waals surface area (Å²) >= 11 is 0. The Morgan fingerprint density at radius 1 is 0.625 bits per heavy atom. The maximum atomic E-state index is 5.28. The molecule has 0 amide bonds. The van der Waals surface area contributed by atoms with Crippen LogP contribution in [0.25, 0.3) is 0 Å². The van der Waals surface area contributed by atoms with Crippen molar-refractivity contribution in [3.8, 4) is 24.2 Å². The van der Waals surface area contributed by atoms with Crippen LogP contribution in [0.2, 0.25) is 0 Å². The summed E-state index contributed by atoms with van der Waals surface area (Å²) in [6.07, 6.45) is 5.28. The van der Waals surface area contributed by atoms with E-state index >= 15 is 0 Å². The summed E-state index contributed by atoms with van der Waals surface area (Å²) in [5, 5.41) is 0. The zero-order valence-corrected chi connectivity index (χ0v) is 8.77. The molecular weight excluding hydrogens is 192 g/mol. The summed E-state index contributed by atoms with van der Waals surface area (Å²) in [7, 11) is 0. The molecule has 74 valence electrons. The summed E-state index contributed by atoms with van der Waals surface area (Å²) in [4.78, 5) is 0. The van der Waals surface area contributed by atoms with E-state index in [4.69, 9.17) is 6.42 Å². The van der Waals surface area contributed by atoms with Gasteiger partial charge in [0.25, 0.3) is 0 Å². The van der Waals surface area contributed by atoms with Gasteiger partial charge in [-0.05, 0) is 36.4 Å². The molecule has 0 spiro atoms. The number of terminal acetylenes is 1. The third-order valence-corrected chi connectivity index (χ3v) is 2.18. The topological polar surface area (TPSA) is 0 Å². The van der Waals surface area contributed by atoms with Crippen LogP contribution in [0.3, 0.4) is 0 Å². The fraction of sp³-hybridized carbons (Fsp3) is 0. The standard InChI is InChI=1S/C16H10/c1-2-14-8-10-16(11-9-14)13-12-15-6-4-3-5-7-15/h1,3-11H. The third-order valence-electron chi connectivity index (χ3n) is 2.18. The number of benzene rings is 2. The molecule has 0 heteroatoms. The van der Waals surface area contributed by atoms with E-state index in [1.54, 1.807) is 0 Å². The molecule has 0 aromatic heterocycles. The molecule has 0 fully saturated rings. The fourth-order valence-corrected chi connectivity index (χ4v) is 1.32. The van der Waals surface area contributed by atoms with Gasteiger partial charge in [-0.3, -0.25) is 0 Å². The van der Waals surface area contributed by atoms with Crippen LogP contribution < -0.4 is 0 Å². The molecular formula is C16H10. The van der Waals surface area contributed by atoms with Crippen molar-refractivity contribution in [2.75, 3.05) is 0 Å². The SMILES string of the molecule is C#Cc1ccc(C#Cc2ccccc2)cc1. The fourth-order valence-electron chi connectivity index (χ4n) is 1.32. The second-order valence-electron chi connectivity index (χ2n) is 3.34. The molecule has 0 saturated heterocycles. The van der Waals surface area contributed by atoms with Crippen molar-refractivity contribution in [2.45, 2.75) is 0 Å². The maximum absolute atomic E-state index is 5.28. The average Bonchev–Trinajstić information content (AvgIpc) is 2.38. The first-order valence-corrected chi connectivity index (χ1v) is 5.02. The predicted octanol–water partition coefficient (Wildman–Crippen LogP) is 3.07. The van der Waals surface area contributed by atoms with Crippen molar-refractivity contribution >= 4 is 0 Å². The minimum Gasteiger partial charge on any atom is -0.115 e. The quantitative estimate of drug-likeness (QED) is 0.576. The van der Waals surface area contributed by atoms with E-state index in [9.17, 15) is 0 Å². The second-order valence-corrected chi connectivity index (χ2v) is 3.34. The van der Waals surface area contributed by atoms with Crippen LogP contribution in [0.4, 0.5) is 0 Å². The number of hydrogen-bond donors (Lipinski definition) is 0. The van der Waals surface area contributed by atoms with Crippen molar-refractivity contribution < 1.29 is 0 Å². The highest BCUT2D eigenvalue weighted by molar-refractivity contribution is 5.45. The minimum absolute atomic E-state index is 0.880. The lowest BCUT2D eigenvalue weighted by Gasteiger charge is -1.91. The molecule has 2 aromatic rings. The Balaban J connectivity index is 2.22. The molecule has 0 atom stereocenters. The van der Waals surface area contributed by atoms with Crippen molar-refractivity contribution in [1.29, 1.82) is 0 Å². The van der Waals surface area contributed by atoms with Gasteiger partial charge in [-0.1, -0.05) is 36.0 Å². The number of rotatable bonds is 0. The Morgan fingerprint density at radius 2 is 1.12 bits per heavy atom. The zero-order chi connectivity index (χ0) is 11.2. The Bertz CT molecular complexity index is 557. The molecule has 0 bridgehead atoms. The van der Waals surface area contributed by atoms with Crippen LogP contribution >= 0.6 is 0 Å². The lowest BCUT2D eigenvalue weighted by atomic mass is 10.1. The van der Waals surface area contributed by atoms with E-state index in [0.29, 0.717) is 0 Å². The van der Waals surface area contributed by atoms with Gasteiger partial charge in [0.05, 0.1) is 0 Å². The monoisotopic (exact) mass is 202 g/mol. The predicted molar refractivity (Wildman–Crippen MR) is 66.8 cm³/mol. The second kappa shape index (κ2) is 4.87. The van der Waals surface area contributed by atoms with Crippen LogP contribution in [0.1, 0.15) is 16.7 Å². The van der Waals surface area contributed by atoms with Gasteiger partial charge < -0.3 is 0 Å². The van der Waals surface area contributed by atoms with E-state index in [1.165, 1.54) is 0 Å². The molecule has 16 heavy (non-hydrogen) atoms. The largest absolute Gasteiger partial charge is 0.115 e. The van der Waals surface area contributed by atoms with Gasteiger partial charge in [-0.25, -0.2) is 0 Å². The molecule has 2 aromatic carbocycles. The van der Waals surface area contributed by atoms with Crippen molar-refractivity contribution in [3.05, 3.63) is 71.3 Å². The highest BCUT2D eigenvalue weighted by Gasteiger charge is 1.87. The van der Waals surface area contributed by atoms with Gasteiger partial charge in [0.1, 0.15) is 0 Å². The van der Waals surface area contributed by atoms with Crippen molar-refractivity contribution in [2.24, 2.45) is 0 Å². The Kier molecular flexibility index (Phi) is 3.07. The minimum atomic E-state index is 0.880. The molecule has 0 aliphatic carbocycles. The van der Waals surface area contributed by atoms with E-state index < -0.39 is 0 Å². The molecule has 0 aliphatic rings. The molecule has 0 aliphatic heterocycles. The normalized spacial score (nSPS) is 8.69. The molecule has 0 nitrogen and oxygen atoms in total. The molecule has 0 N–H and O–H groups in total. The third kappa shape index (κ3) is 2.53. The molecule has 0 radical (unpaired) electrons. The molecule has 0 unspecified atom stereocenters. The lowest BCUT2D eigenvalue weighted by Crippen LogP contribution is -1.77. The van der Waals surface area contributed by atoms with Crippen LogP contribution in [0, 0.1) is 24.2 Å². The van der Waals surface area contributed by atoms with Crippen LogP contribution in [-0.4, -0.2) is 0 Å². The van der Waals surface area contributed by atoms with Crippen LogP contribution in [-0.2, 0) is 0 Å². The molecule has 2 rings (SSSR count). The summed E-state index contributed by atoms with van der Waals surface area (Å²) in [6.45, 7) is 0. The van der Waals surface area contributed by atoms with Gasteiger partial charge >= 0.3 is 0 Å². The highest BCUT2D eigenvalue weighted by atomic mass is 13.9. The summed E-state index contributed by atoms with van der Waals surface area (Å²) < 4.78 is 0. The maximum Gasteiger partial charge on any atom is 0.0249 e. The van der Waals surface area contributed by atoms with Gasteiger partial charge in [-0.15, -0.1) is 6.42 Å². The smallest absolute Gasteiger partial charge is 0.0249 e. The average molecular weight is 202 g/mol. The summed E-state index contributed by atoms with van der Waals surface area (Å²) in [6, 6.07) is 17.6. The van der Waals surface area contributed by atoms with Crippen LogP contribution in [0.15, 0.2) is 54.6 Å². The first-order valence-electron chi connectivity index (χ1n) is 5.02. The highest BCUT2D eigenvalue weighted by Crippen LogP contribution is 2.02. The van der Waals surface area contributed by atoms with E-state index in [-0.39, 0.29) is 0 Å². The molecule has 0 heterocycles. The first kappa shape index (κ1) is 10.1. The Morgan fingerprint density at radius 3 is 1.69 bits per heavy atom. The number of hydrogen-bond acceptors (Lipinski definition) is 0. The van der Waals surface area contributed by atoms with Crippen molar-refractivity contribution in [3.63, 3.8) is 0 Å². The van der Waals surface area contributed by atoms with Gasteiger partial charge in [0.15, 0.2) is 0 Å². The first-order chi connectivity index (χ1) is 7.88. The van der Waals surface area contributed by atoms with Gasteiger partial charge in [0.2, 0.25) is 0 Å². The Hall–Kier alpha value is -2.44. The van der Waals surface area contributed by atoms with E-state index in [0.717, 1.165) is 16.7 Å². The summed E-state index contributed by atoms with van der Waals surface area (Å²) in [5.41, 5.74) is 2.87. The van der Waals surface area contributed by atoms with Crippen molar-refractivity contribution in [1.82, 2.24) is 0 Å². The molecule has 0 saturated carbocycles. The summed E-state index contributed by atoms with van der Waals surface area (Å²) in [5.74, 6) is 8.77. The zero-order valence-electron chi connectivity index (χ0n) is 8.77. The van der Waals surface area contributed by atoms with E-state index in [1.807, 2.05) is 54.6 Å². The Labute approximate surface area is 95.9 Å². The van der Waals surface area contributed by atoms with Crippen LogP contribution in [0.5, 0.6) is 0 Å².